The van der Waals surface area contributed by atoms with Crippen LogP contribution in [0.1, 0.15) is 26.7 Å². The Morgan fingerprint density at radius 3 is 3.00 bits per heavy atom. The van der Waals surface area contributed by atoms with Crippen molar-refractivity contribution < 1.29 is 0 Å². The van der Waals surface area contributed by atoms with Crippen LogP contribution >= 0.6 is 0 Å². The smallest absolute Gasteiger partial charge is 0.00865 e. The van der Waals surface area contributed by atoms with E-state index in [1.54, 1.807) is 11.1 Å². The summed E-state index contributed by atoms with van der Waals surface area (Å²) in [6.45, 7) is 4.71. The van der Waals surface area contributed by atoms with E-state index in [1.165, 1.54) is 12.8 Å². The van der Waals surface area contributed by atoms with Crippen LogP contribution in [0.15, 0.2) is 23.3 Å². The Kier molecular flexibility index (Phi) is 1.63. The number of rotatable bonds is 0. The van der Waals surface area contributed by atoms with Gasteiger partial charge in [0.15, 0.2) is 0 Å². The molecule has 2 aliphatic rings. The molecule has 11 heavy (non-hydrogen) atoms. The molecule has 0 saturated carbocycles. The normalized spacial score (nSPS) is 36.2. The van der Waals surface area contributed by atoms with Crippen LogP contribution in [-0.4, -0.2) is 0 Å². The molecule has 59 valence electrons. The minimum atomic E-state index is 0.786. The first-order valence-corrected chi connectivity index (χ1v) is 4.53. The van der Waals surface area contributed by atoms with Gasteiger partial charge in [-0.05, 0) is 30.3 Å². The van der Waals surface area contributed by atoms with Gasteiger partial charge < -0.3 is 0 Å². The third kappa shape index (κ3) is 1.05. The minimum Gasteiger partial charge on any atom is -0.0761 e. The third-order valence-electron chi connectivity index (χ3n) is 3.16. The lowest BCUT2D eigenvalue weighted by Crippen LogP contribution is -2.15. The molecule has 2 atom stereocenters. The van der Waals surface area contributed by atoms with Crippen molar-refractivity contribution in [3.8, 4) is 0 Å². The van der Waals surface area contributed by atoms with Crippen molar-refractivity contribution in [2.75, 3.05) is 0 Å². The van der Waals surface area contributed by atoms with E-state index in [0.29, 0.717) is 0 Å². The summed E-state index contributed by atoms with van der Waals surface area (Å²) in [5.74, 6) is 1.67. The van der Waals surface area contributed by atoms with Gasteiger partial charge in [0.2, 0.25) is 0 Å². The second kappa shape index (κ2) is 2.51. The molecule has 0 heteroatoms. The molecule has 2 unspecified atom stereocenters. The van der Waals surface area contributed by atoms with Gasteiger partial charge in [0.1, 0.15) is 0 Å². The Balaban J connectivity index is 2.28. The van der Waals surface area contributed by atoms with Gasteiger partial charge in [-0.15, -0.1) is 0 Å². The van der Waals surface area contributed by atoms with Crippen molar-refractivity contribution in [2.24, 2.45) is 11.8 Å². The van der Waals surface area contributed by atoms with E-state index in [-0.39, 0.29) is 0 Å². The molecule has 0 amide bonds. The molecule has 2 aliphatic carbocycles. The highest BCUT2D eigenvalue weighted by atomic mass is 14.3. The first-order chi connectivity index (χ1) is 5.29. The molecule has 0 nitrogen and oxygen atoms in total. The number of hydrogen-bond acceptors (Lipinski definition) is 0. The molecule has 0 heterocycles. The summed E-state index contributed by atoms with van der Waals surface area (Å²) >= 11 is 0. The van der Waals surface area contributed by atoms with E-state index < -0.39 is 0 Å². The lowest BCUT2D eigenvalue weighted by molar-refractivity contribution is 0.394. The minimum absolute atomic E-state index is 0.786. The zero-order chi connectivity index (χ0) is 7.84. The topological polar surface area (TPSA) is 0 Å². The molecule has 0 aromatic carbocycles. The van der Waals surface area contributed by atoms with Crippen LogP contribution in [0.2, 0.25) is 0 Å². The highest BCUT2D eigenvalue weighted by Gasteiger charge is 2.25. The first kappa shape index (κ1) is 7.15. The predicted molar refractivity (Wildman–Crippen MR) is 48.0 cm³/mol. The summed E-state index contributed by atoms with van der Waals surface area (Å²) in [5.41, 5.74) is 3.19. The summed E-state index contributed by atoms with van der Waals surface area (Å²) < 4.78 is 0. The molecular weight excluding hydrogens is 132 g/mol. The van der Waals surface area contributed by atoms with Crippen LogP contribution in [0.3, 0.4) is 0 Å². The fourth-order valence-electron chi connectivity index (χ4n) is 2.08. The van der Waals surface area contributed by atoms with Gasteiger partial charge in [-0.1, -0.05) is 31.6 Å². The molecule has 0 saturated heterocycles. The van der Waals surface area contributed by atoms with Crippen molar-refractivity contribution >= 4 is 0 Å². The second-order valence-electron chi connectivity index (χ2n) is 3.81. The lowest BCUT2D eigenvalue weighted by atomic mass is 9.78. The van der Waals surface area contributed by atoms with Crippen LogP contribution in [-0.2, 0) is 0 Å². The zero-order valence-corrected chi connectivity index (χ0v) is 7.30. The molecule has 0 fully saturated rings. The summed E-state index contributed by atoms with van der Waals surface area (Å²) in [4.78, 5) is 0. The van der Waals surface area contributed by atoms with E-state index >= 15 is 0 Å². The van der Waals surface area contributed by atoms with Gasteiger partial charge in [-0.2, -0.15) is 0 Å². The Bertz CT molecular complexity index is 220. The van der Waals surface area contributed by atoms with Crippen molar-refractivity contribution in [3.05, 3.63) is 29.7 Å². The van der Waals surface area contributed by atoms with Gasteiger partial charge in [-0.25, -0.2) is 0 Å². The fraction of sp³-hybridized carbons (Fsp3) is 0.545. The SMILES string of the molecule is CC1CCC2=C(C=C[CH]2)C1C. The first-order valence-electron chi connectivity index (χ1n) is 4.53. The van der Waals surface area contributed by atoms with Crippen LogP contribution < -0.4 is 0 Å². The summed E-state index contributed by atoms with van der Waals surface area (Å²) in [5, 5.41) is 0. The third-order valence-corrected chi connectivity index (χ3v) is 3.16. The summed E-state index contributed by atoms with van der Waals surface area (Å²) in [7, 11) is 0. The maximum absolute atomic E-state index is 2.36. The summed E-state index contributed by atoms with van der Waals surface area (Å²) in [6.07, 6.45) is 9.43. The van der Waals surface area contributed by atoms with Crippen LogP contribution in [0, 0.1) is 18.3 Å². The Hall–Kier alpha value is -0.520. The van der Waals surface area contributed by atoms with Gasteiger partial charge in [0.05, 0.1) is 0 Å². The van der Waals surface area contributed by atoms with Crippen molar-refractivity contribution in [1.82, 2.24) is 0 Å². The number of allylic oxidation sites excluding steroid dienone is 4. The standard InChI is InChI=1S/C11H15/c1-8-6-7-10-4-3-5-11(10)9(8)2/h3-5,8-9H,6-7H2,1-2H3. The maximum atomic E-state index is 2.36. The predicted octanol–water partition coefficient (Wildman–Crippen LogP) is 3.12. The molecular formula is C11H15. The zero-order valence-electron chi connectivity index (χ0n) is 7.30. The number of hydrogen-bond donors (Lipinski definition) is 0. The van der Waals surface area contributed by atoms with E-state index in [9.17, 15) is 0 Å². The molecule has 2 rings (SSSR count). The van der Waals surface area contributed by atoms with E-state index in [4.69, 9.17) is 0 Å². The van der Waals surface area contributed by atoms with Gasteiger partial charge in [-0.3, -0.25) is 0 Å². The molecule has 0 aromatic heterocycles. The van der Waals surface area contributed by atoms with Crippen molar-refractivity contribution in [1.29, 1.82) is 0 Å². The van der Waals surface area contributed by atoms with E-state index in [1.807, 2.05) is 0 Å². The van der Waals surface area contributed by atoms with Crippen molar-refractivity contribution in [3.63, 3.8) is 0 Å². The van der Waals surface area contributed by atoms with Crippen LogP contribution in [0.5, 0.6) is 0 Å². The fourth-order valence-corrected chi connectivity index (χ4v) is 2.08. The molecule has 1 radical (unpaired) electrons. The maximum Gasteiger partial charge on any atom is 0.00865 e. The van der Waals surface area contributed by atoms with E-state index in [2.05, 4.69) is 32.4 Å². The van der Waals surface area contributed by atoms with Gasteiger partial charge >= 0.3 is 0 Å². The summed E-state index contributed by atoms with van der Waals surface area (Å²) in [6, 6.07) is 0. The van der Waals surface area contributed by atoms with Crippen molar-refractivity contribution in [2.45, 2.75) is 26.7 Å². The molecule has 0 N–H and O–H groups in total. The quantitative estimate of drug-likeness (QED) is 0.494. The van der Waals surface area contributed by atoms with Crippen LogP contribution in [0.4, 0.5) is 0 Å². The monoisotopic (exact) mass is 147 g/mol. The second-order valence-corrected chi connectivity index (χ2v) is 3.81. The Morgan fingerprint density at radius 2 is 2.18 bits per heavy atom. The van der Waals surface area contributed by atoms with Gasteiger partial charge in [0, 0.05) is 6.42 Å². The van der Waals surface area contributed by atoms with Crippen LogP contribution in [0.25, 0.3) is 0 Å². The lowest BCUT2D eigenvalue weighted by Gasteiger charge is -2.27. The molecule has 0 aliphatic heterocycles. The largest absolute Gasteiger partial charge is 0.0761 e. The Labute approximate surface area is 69.0 Å². The Morgan fingerprint density at radius 1 is 1.36 bits per heavy atom. The average Bonchev–Trinajstić information content (AvgIpc) is 2.45. The molecule has 0 bridgehead atoms. The molecule has 0 aromatic rings. The average molecular weight is 147 g/mol. The highest BCUT2D eigenvalue weighted by Crippen LogP contribution is 2.38. The highest BCUT2D eigenvalue weighted by molar-refractivity contribution is 5.44. The van der Waals surface area contributed by atoms with Gasteiger partial charge in [0.25, 0.3) is 0 Å². The molecule has 0 spiro atoms. The van der Waals surface area contributed by atoms with E-state index in [0.717, 1.165) is 11.8 Å².